The second-order valence-electron chi connectivity index (χ2n) is 6.56. The maximum atomic E-state index is 12.3. The van der Waals surface area contributed by atoms with Gasteiger partial charge in [0.25, 0.3) is 0 Å². The predicted octanol–water partition coefficient (Wildman–Crippen LogP) is 3.29. The third-order valence-electron chi connectivity index (χ3n) is 4.50. The van der Waals surface area contributed by atoms with E-state index in [2.05, 4.69) is 22.4 Å². The molecule has 1 aromatic heterocycles. The summed E-state index contributed by atoms with van der Waals surface area (Å²) in [6.07, 6.45) is 8.64. The third kappa shape index (κ3) is 5.41. The van der Waals surface area contributed by atoms with Gasteiger partial charge in [0.15, 0.2) is 11.5 Å². The van der Waals surface area contributed by atoms with Gasteiger partial charge in [0.2, 0.25) is 11.7 Å². The Kier molecular flexibility index (Phi) is 7.10. The molecule has 0 aliphatic rings. The van der Waals surface area contributed by atoms with Crippen molar-refractivity contribution in [3.63, 3.8) is 0 Å². The van der Waals surface area contributed by atoms with E-state index in [0.29, 0.717) is 23.8 Å². The van der Waals surface area contributed by atoms with E-state index in [1.165, 1.54) is 6.08 Å². The van der Waals surface area contributed by atoms with Crippen LogP contribution in [0.1, 0.15) is 16.7 Å². The van der Waals surface area contributed by atoms with E-state index in [1.54, 1.807) is 52.1 Å². The van der Waals surface area contributed by atoms with Crippen LogP contribution in [0.4, 0.5) is 0 Å². The Morgan fingerprint density at radius 2 is 1.80 bits per heavy atom. The molecule has 0 saturated carbocycles. The number of aromatic nitrogens is 2. The van der Waals surface area contributed by atoms with Crippen molar-refractivity contribution in [3.8, 4) is 17.2 Å². The summed E-state index contributed by atoms with van der Waals surface area (Å²) in [6, 6.07) is 11.7. The molecule has 3 aromatic rings. The van der Waals surface area contributed by atoms with Crippen LogP contribution in [0.5, 0.6) is 17.2 Å². The van der Waals surface area contributed by atoms with Crippen molar-refractivity contribution >= 4 is 12.0 Å². The summed E-state index contributed by atoms with van der Waals surface area (Å²) >= 11 is 0. The van der Waals surface area contributed by atoms with Gasteiger partial charge < -0.3 is 24.1 Å². The lowest BCUT2D eigenvalue weighted by Gasteiger charge is -2.12. The largest absolute Gasteiger partial charge is 0.493 e. The number of imidazole rings is 1. The molecule has 7 heteroatoms. The van der Waals surface area contributed by atoms with Gasteiger partial charge in [-0.25, -0.2) is 4.98 Å². The Labute approximate surface area is 175 Å². The molecular formula is C23H25N3O4. The van der Waals surface area contributed by atoms with Gasteiger partial charge in [0, 0.05) is 31.6 Å². The van der Waals surface area contributed by atoms with Gasteiger partial charge in [-0.3, -0.25) is 4.79 Å². The molecule has 0 aliphatic heterocycles. The number of benzene rings is 2. The highest BCUT2D eigenvalue weighted by Gasteiger charge is 2.12. The number of rotatable bonds is 9. The first-order valence-electron chi connectivity index (χ1n) is 9.42. The minimum atomic E-state index is -0.191. The smallest absolute Gasteiger partial charge is 0.244 e. The summed E-state index contributed by atoms with van der Waals surface area (Å²) in [5.41, 5.74) is 2.94. The molecule has 7 nitrogen and oxygen atoms in total. The predicted molar refractivity (Wildman–Crippen MR) is 115 cm³/mol. The number of hydrogen-bond acceptors (Lipinski definition) is 5. The average molecular weight is 407 g/mol. The van der Waals surface area contributed by atoms with Gasteiger partial charge in [0.1, 0.15) is 0 Å². The van der Waals surface area contributed by atoms with Crippen LogP contribution in [0.3, 0.4) is 0 Å². The fourth-order valence-electron chi connectivity index (χ4n) is 3.05. The Hall–Kier alpha value is -3.74. The zero-order valence-corrected chi connectivity index (χ0v) is 17.3. The molecule has 0 fully saturated rings. The van der Waals surface area contributed by atoms with Crippen LogP contribution in [0.25, 0.3) is 6.08 Å². The van der Waals surface area contributed by atoms with Crippen molar-refractivity contribution in [3.05, 3.63) is 77.9 Å². The number of carbonyl (C=O) groups excluding carboxylic acids is 1. The Bertz CT molecular complexity index is 988. The third-order valence-corrected chi connectivity index (χ3v) is 4.50. The van der Waals surface area contributed by atoms with E-state index in [0.717, 1.165) is 23.2 Å². The number of carbonyl (C=O) groups is 1. The van der Waals surface area contributed by atoms with Gasteiger partial charge >= 0.3 is 0 Å². The van der Waals surface area contributed by atoms with Gasteiger partial charge in [-0.15, -0.1) is 0 Å². The molecule has 1 N–H and O–H groups in total. The van der Waals surface area contributed by atoms with E-state index in [-0.39, 0.29) is 5.91 Å². The molecule has 156 valence electrons. The molecule has 0 spiro atoms. The molecule has 0 aliphatic carbocycles. The normalized spacial score (nSPS) is 10.8. The first-order valence-corrected chi connectivity index (χ1v) is 9.42. The van der Waals surface area contributed by atoms with Crippen LogP contribution < -0.4 is 19.5 Å². The molecule has 2 aromatic carbocycles. The second-order valence-corrected chi connectivity index (χ2v) is 6.56. The molecule has 1 heterocycles. The summed E-state index contributed by atoms with van der Waals surface area (Å²) in [5, 5.41) is 2.90. The molecular weight excluding hydrogens is 382 g/mol. The number of ether oxygens (including phenoxy) is 3. The van der Waals surface area contributed by atoms with Crippen molar-refractivity contribution in [2.45, 2.75) is 13.1 Å². The summed E-state index contributed by atoms with van der Waals surface area (Å²) in [6.45, 7) is 1.18. The fraction of sp³-hybridized carbons (Fsp3) is 0.217. The molecule has 0 saturated heterocycles. The molecule has 30 heavy (non-hydrogen) atoms. The minimum Gasteiger partial charge on any atom is -0.493 e. The average Bonchev–Trinajstić information content (AvgIpc) is 3.28. The van der Waals surface area contributed by atoms with E-state index in [9.17, 15) is 4.79 Å². The summed E-state index contributed by atoms with van der Waals surface area (Å²) in [7, 11) is 4.66. The quantitative estimate of drug-likeness (QED) is 0.551. The standard InChI is InChI=1S/C23H25N3O4/c1-28-20-12-17(13-21(29-2)23(20)30-3)7-8-22(27)25-14-18-5-4-6-19(11-18)15-26-10-9-24-16-26/h4-13,16H,14-15H2,1-3H3,(H,25,27)/b8-7+. The van der Waals surface area contributed by atoms with Crippen molar-refractivity contribution in [1.29, 1.82) is 0 Å². The zero-order valence-electron chi connectivity index (χ0n) is 17.3. The van der Waals surface area contributed by atoms with Crippen LogP contribution >= 0.6 is 0 Å². The van der Waals surface area contributed by atoms with E-state index in [4.69, 9.17) is 14.2 Å². The number of nitrogens with one attached hydrogen (secondary N) is 1. The van der Waals surface area contributed by atoms with Gasteiger partial charge in [-0.2, -0.15) is 0 Å². The van der Waals surface area contributed by atoms with Crippen LogP contribution in [0.15, 0.2) is 61.2 Å². The Morgan fingerprint density at radius 3 is 2.43 bits per heavy atom. The molecule has 1 amide bonds. The number of hydrogen-bond donors (Lipinski definition) is 1. The van der Waals surface area contributed by atoms with E-state index < -0.39 is 0 Å². The fourth-order valence-corrected chi connectivity index (χ4v) is 3.05. The van der Waals surface area contributed by atoms with Gasteiger partial charge in [-0.1, -0.05) is 24.3 Å². The number of amides is 1. The zero-order chi connectivity index (χ0) is 21.3. The number of methoxy groups -OCH3 is 3. The summed E-state index contributed by atoms with van der Waals surface area (Å²) in [4.78, 5) is 16.3. The Morgan fingerprint density at radius 1 is 1.07 bits per heavy atom. The monoisotopic (exact) mass is 407 g/mol. The van der Waals surface area contributed by atoms with Crippen molar-refractivity contribution < 1.29 is 19.0 Å². The molecule has 0 bridgehead atoms. The van der Waals surface area contributed by atoms with Crippen molar-refractivity contribution in [2.75, 3.05) is 21.3 Å². The maximum Gasteiger partial charge on any atom is 0.244 e. The highest BCUT2D eigenvalue weighted by Crippen LogP contribution is 2.38. The lowest BCUT2D eigenvalue weighted by molar-refractivity contribution is -0.116. The summed E-state index contributed by atoms with van der Waals surface area (Å²) < 4.78 is 18.0. The van der Waals surface area contributed by atoms with Crippen LogP contribution in [0, 0.1) is 0 Å². The van der Waals surface area contributed by atoms with Gasteiger partial charge in [-0.05, 0) is 34.9 Å². The first kappa shape index (κ1) is 21.0. The summed E-state index contributed by atoms with van der Waals surface area (Å²) in [5.74, 6) is 1.39. The van der Waals surface area contributed by atoms with E-state index >= 15 is 0 Å². The Balaban J connectivity index is 1.61. The lowest BCUT2D eigenvalue weighted by Crippen LogP contribution is -2.20. The van der Waals surface area contributed by atoms with Crippen LogP contribution in [0.2, 0.25) is 0 Å². The lowest BCUT2D eigenvalue weighted by atomic mass is 10.1. The topological polar surface area (TPSA) is 74.6 Å². The van der Waals surface area contributed by atoms with Crippen LogP contribution in [-0.2, 0) is 17.9 Å². The van der Waals surface area contributed by atoms with Gasteiger partial charge in [0.05, 0.1) is 27.7 Å². The van der Waals surface area contributed by atoms with E-state index in [1.807, 2.05) is 22.9 Å². The molecule has 0 radical (unpaired) electrons. The molecule has 3 rings (SSSR count). The molecule has 0 unspecified atom stereocenters. The SMILES string of the molecule is COc1cc(/C=C/C(=O)NCc2cccc(Cn3ccnc3)c2)cc(OC)c1OC. The maximum absolute atomic E-state index is 12.3. The van der Waals surface area contributed by atoms with Crippen LogP contribution in [-0.4, -0.2) is 36.8 Å². The first-order chi connectivity index (χ1) is 14.6. The molecule has 0 atom stereocenters. The van der Waals surface area contributed by atoms with Crippen molar-refractivity contribution in [2.24, 2.45) is 0 Å². The van der Waals surface area contributed by atoms with Crippen molar-refractivity contribution in [1.82, 2.24) is 14.9 Å². The highest BCUT2D eigenvalue weighted by molar-refractivity contribution is 5.91. The minimum absolute atomic E-state index is 0.191. The highest BCUT2D eigenvalue weighted by atomic mass is 16.5. The second kappa shape index (κ2) is 10.2. The number of nitrogens with zero attached hydrogens (tertiary/aromatic N) is 2.